The van der Waals surface area contributed by atoms with Gasteiger partial charge in [-0.05, 0) is 36.1 Å². The van der Waals surface area contributed by atoms with Crippen LogP contribution in [0.3, 0.4) is 0 Å². The molecule has 160 valence electrons. The van der Waals surface area contributed by atoms with Gasteiger partial charge < -0.3 is 25.0 Å². The second-order valence-electron chi connectivity index (χ2n) is 8.09. The molecule has 0 radical (unpaired) electrons. The second-order valence-corrected chi connectivity index (χ2v) is 8.09. The lowest BCUT2D eigenvalue weighted by atomic mass is 9.96. The molecule has 2 aromatic rings. The minimum absolute atomic E-state index is 0.0487. The van der Waals surface area contributed by atoms with Crippen LogP contribution in [0.1, 0.15) is 30.0 Å². The van der Waals surface area contributed by atoms with Gasteiger partial charge in [0.25, 0.3) is 5.91 Å². The fourth-order valence-corrected chi connectivity index (χ4v) is 4.36. The molecule has 2 aromatic carbocycles. The molecule has 1 fully saturated rings. The Kier molecular flexibility index (Phi) is 5.34. The SMILES string of the molecule is O=C1NC2=C(C(=O)N(C[C@H]3CCCO3)C2)[C@H](c2ccc(OCc3ccccc3)cc2)N1. The van der Waals surface area contributed by atoms with Crippen molar-refractivity contribution in [2.45, 2.75) is 31.6 Å². The van der Waals surface area contributed by atoms with Crippen molar-refractivity contribution in [3.63, 3.8) is 0 Å². The van der Waals surface area contributed by atoms with Gasteiger partial charge in [0.05, 0.1) is 30.0 Å². The number of carbonyl (C=O) groups excluding carboxylic acids is 2. The summed E-state index contributed by atoms with van der Waals surface area (Å²) in [6.45, 7) is 2.20. The largest absolute Gasteiger partial charge is 0.489 e. The number of amides is 3. The van der Waals surface area contributed by atoms with E-state index in [4.69, 9.17) is 9.47 Å². The standard InChI is InChI=1S/C24H25N3O4/c28-23-21-20(14-27(23)13-19-7-4-12-30-19)25-24(29)26-22(21)17-8-10-18(11-9-17)31-15-16-5-2-1-3-6-16/h1-3,5-6,8-11,19,22H,4,7,12-15H2,(H2,25,26,29)/t19-,22+/m1/s1. The highest BCUT2D eigenvalue weighted by Gasteiger charge is 2.41. The molecule has 0 aromatic heterocycles. The van der Waals surface area contributed by atoms with Crippen molar-refractivity contribution in [1.82, 2.24) is 15.5 Å². The molecule has 0 saturated carbocycles. The monoisotopic (exact) mass is 419 g/mol. The lowest BCUT2D eigenvalue weighted by molar-refractivity contribution is -0.127. The summed E-state index contributed by atoms with van der Waals surface area (Å²) < 4.78 is 11.5. The number of benzene rings is 2. The first-order valence-electron chi connectivity index (χ1n) is 10.7. The number of rotatable bonds is 6. The van der Waals surface area contributed by atoms with Crippen LogP contribution in [0.2, 0.25) is 0 Å². The van der Waals surface area contributed by atoms with E-state index in [1.54, 1.807) is 4.90 Å². The molecule has 0 bridgehead atoms. The minimum atomic E-state index is -0.478. The summed E-state index contributed by atoms with van der Waals surface area (Å²) in [5, 5.41) is 5.71. The molecular weight excluding hydrogens is 394 g/mol. The van der Waals surface area contributed by atoms with Gasteiger partial charge in [-0.2, -0.15) is 0 Å². The Hall–Kier alpha value is -3.32. The molecule has 3 heterocycles. The maximum absolute atomic E-state index is 13.1. The zero-order valence-electron chi connectivity index (χ0n) is 17.2. The normalized spacial score (nSPS) is 22.9. The molecular formula is C24H25N3O4. The van der Waals surface area contributed by atoms with Crippen molar-refractivity contribution in [3.05, 3.63) is 77.0 Å². The topological polar surface area (TPSA) is 79.9 Å². The van der Waals surface area contributed by atoms with Gasteiger partial charge >= 0.3 is 6.03 Å². The van der Waals surface area contributed by atoms with Crippen molar-refractivity contribution >= 4 is 11.9 Å². The first-order valence-corrected chi connectivity index (χ1v) is 10.7. The van der Waals surface area contributed by atoms with E-state index in [0.29, 0.717) is 31.0 Å². The molecule has 0 aliphatic carbocycles. The molecule has 1 saturated heterocycles. The number of carbonyl (C=O) groups is 2. The van der Waals surface area contributed by atoms with Gasteiger partial charge in [0.15, 0.2) is 0 Å². The highest BCUT2D eigenvalue weighted by atomic mass is 16.5. The first-order chi connectivity index (χ1) is 15.2. The van der Waals surface area contributed by atoms with E-state index < -0.39 is 6.04 Å². The molecule has 7 heteroatoms. The van der Waals surface area contributed by atoms with Crippen LogP contribution in [0.25, 0.3) is 0 Å². The predicted molar refractivity (Wildman–Crippen MR) is 114 cm³/mol. The van der Waals surface area contributed by atoms with E-state index in [0.717, 1.165) is 36.3 Å². The molecule has 0 unspecified atom stereocenters. The smallest absolute Gasteiger partial charge is 0.319 e. The van der Waals surface area contributed by atoms with Crippen molar-refractivity contribution in [2.24, 2.45) is 0 Å². The van der Waals surface area contributed by atoms with Crippen LogP contribution in [0.5, 0.6) is 5.75 Å². The lowest BCUT2D eigenvalue weighted by Gasteiger charge is -2.26. The van der Waals surface area contributed by atoms with Crippen molar-refractivity contribution in [2.75, 3.05) is 19.7 Å². The number of nitrogens with zero attached hydrogens (tertiary/aromatic N) is 1. The molecule has 2 atom stereocenters. The Labute approximate surface area is 181 Å². The van der Waals surface area contributed by atoms with Crippen LogP contribution < -0.4 is 15.4 Å². The van der Waals surface area contributed by atoms with Crippen LogP contribution in [-0.4, -0.2) is 42.6 Å². The summed E-state index contributed by atoms with van der Waals surface area (Å²) in [5.74, 6) is 0.687. The Bertz CT molecular complexity index is 997. The molecule has 3 amide bonds. The van der Waals surface area contributed by atoms with Gasteiger partial charge in [-0.25, -0.2) is 4.79 Å². The molecule has 3 aliphatic rings. The number of urea groups is 1. The lowest BCUT2D eigenvalue weighted by Crippen LogP contribution is -2.44. The van der Waals surface area contributed by atoms with Gasteiger partial charge in [-0.15, -0.1) is 0 Å². The minimum Gasteiger partial charge on any atom is -0.489 e. The zero-order valence-corrected chi connectivity index (χ0v) is 17.2. The average molecular weight is 419 g/mol. The molecule has 5 rings (SSSR count). The first kappa shape index (κ1) is 19.6. The van der Waals surface area contributed by atoms with E-state index in [1.807, 2.05) is 54.6 Å². The zero-order chi connectivity index (χ0) is 21.2. The quantitative estimate of drug-likeness (QED) is 0.755. The third kappa shape index (κ3) is 4.14. The number of nitrogens with one attached hydrogen (secondary N) is 2. The summed E-state index contributed by atoms with van der Waals surface area (Å²) in [5.41, 5.74) is 3.23. The molecule has 3 aliphatic heterocycles. The van der Waals surface area contributed by atoms with E-state index in [9.17, 15) is 9.59 Å². The molecule has 2 N–H and O–H groups in total. The van der Waals surface area contributed by atoms with Crippen LogP contribution in [0.15, 0.2) is 65.9 Å². The third-order valence-corrected chi connectivity index (χ3v) is 5.93. The average Bonchev–Trinajstić information content (AvgIpc) is 3.41. The summed E-state index contributed by atoms with van der Waals surface area (Å²) in [6.07, 6.45) is 2.07. The summed E-state index contributed by atoms with van der Waals surface area (Å²) in [4.78, 5) is 27.2. The molecule has 31 heavy (non-hydrogen) atoms. The fourth-order valence-electron chi connectivity index (χ4n) is 4.36. The van der Waals surface area contributed by atoms with Gasteiger partial charge in [0.1, 0.15) is 12.4 Å². The van der Waals surface area contributed by atoms with E-state index >= 15 is 0 Å². The van der Waals surface area contributed by atoms with Gasteiger partial charge in [-0.3, -0.25) is 4.79 Å². The number of hydrogen-bond donors (Lipinski definition) is 2. The highest BCUT2D eigenvalue weighted by Crippen LogP contribution is 2.33. The predicted octanol–water partition coefficient (Wildman–Crippen LogP) is 2.89. The Morgan fingerprint density at radius 3 is 2.61 bits per heavy atom. The Balaban J connectivity index is 1.30. The van der Waals surface area contributed by atoms with Gasteiger partial charge in [-0.1, -0.05) is 42.5 Å². The van der Waals surface area contributed by atoms with Crippen molar-refractivity contribution < 1.29 is 19.1 Å². The summed E-state index contributed by atoms with van der Waals surface area (Å²) in [7, 11) is 0. The Morgan fingerprint density at radius 2 is 1.87 bits per heavy atom. The van der Waals surface area contributed by atoms with Crippen LogP contribution >= 0.6 is 0 Å². The van der Waals surface area contributed by atoms with E-state index in [2.05, 4.69) is 10.6 Å². The maximum atomic E-state index is 13.1. The highest BCUT2D eigenvalue weighted by molar-refractivity contribution is 6.01. The van der Waals surface area contributed by atoms with Gasteiger partial charge in [0, 0.05) is 13.2 Å². The van der Waals surface area contributed by atoms with Crippen molar-refractivity contribution in [3.8, 4) is 5.75 Å². The fraction of sp³-hybridized carbons (Fsp3) is 0.333. The van der Waals surface area contributed by atoms with Crippen molar-refractivity contribution in [1.29, 1.82) is 0 Å². The second kappa shape index (κ2) is 8.43. The molecule has 0 spiro atoms. The maximum Gasteiger partial charge on any atom is 0.319 e. The molecule has 7 nitrogen and oxygen atoms in total. The van der Waals surface area contributed by atoms with E-state index in [-0.39, 0.29) is 18.0 Å². The van der Waals surface area contributed by atoms with Gasteiger partial charge in [0.2, 0.25) is 0 Å². The summed E-state index contributed by atoms with van der Waals surface area (Å²) in [6, 6.07) is 16.7. The number of hydrogen-bond acceptors (Lipinski definition) is 4. The Morgan fingerprint density at radius 1 is 1.06 bits per heavy atom. The van der Waals surface area contributed by atoms with Crippen LogP contribution in [0.4, 0.5) is 4.79 Å². The van der Waals surface area contributed by atoms with Crippen LogP contribution in [-0.2, 0) is 16.1 Å². The van der Waals surface area contributed by atoms with E-state index in [1.165, 1.54) is 0 Å². The number of ether oxygens (including phenoxy) is 2. The third-order valence-electron chi connectivity index (χ3n) is 5.93. The van der Waals surface area contributed by atoms with Crippen LogP contribution in [0, 0.1) is 0 Å². The summed E-state index contributed by atoms with van der Waals surface area (Å²) >= 11 is 0.